The fourth-order valence-electron chi connectivity index (χ4n) is 3.09. The van der Waals surface area contributed by atoms with E-state index in [0.29, 0.717) is 11.3 Å². The molecule has 1 saturated carbocycles. The zero-order valence-corrected chi connectivity index (χ0v) is 13.8. The number of nitrogens with one attached hydrogen (secondary N) is 1. The second kappa shape index (κ2) is 6.26. The van der Waals surface area contributed by atoms with E-state index < -0.39 is 11.7 Å². The van der Waals surface area contributed by atoms with Gasteiger partial charge < -0.3 is 5.32 Å². The van der Waals surface area contributed by atoms with Crippen LogP contribution in [0.1, 0.15) is 34.7 Å². The molecule has 1 heterocycles. The number of rotatable bonds is 4. The van der Waals surface area contributed by atoms with Crippen LogP contribution in [0.2, 0.25) is 0 Å². The first-order chi connectivity index (χ1) is 12.6. The largest absolute Gasteiger partial charge is 0.305 e. The molecule has 2 aromatic carbocycles. The quantitative estimate of drug-likeness (QED) is 0.720. The van der Waals surface area contributed by atoms with Crippen molar-refractivity contribution < 1.29 is 13.6 Å². The fourth-order valence-corrected chi connectivity index (χ4v) is 3.09. The van der Waals surface area contributed by atoms with Crippen LogP contribution in [0, 0.1) is 24.0 Å². The number of hydrogen-bond acceptors (Lipinski definition) is 2. The Hall–Kier alpha value is -3.20. The normalized spacial score (nSPS) is 13.6. The second-order valence-electron chi connectivity index (χ2n) is 6.34. The average molecular weight is 351 g/mol. The lowest BCUT2D eigenvalue weighted by Crippen LogP contribution is -2.13. The summed E-state index contributed by atoms with van der Waals surface area (Å²) >= 11 is 0. The first-order valence-corrected chi connectivity index (χ1v) is 8.27. The Balaban J connectivity index is 1.78. The van der Waals surface area contributed by atoms with Gasteiger partial charge in [-0.25, -0.2) is 8.78 Å². The second-order valence-corrected chi connectivity index (χ2v) is 6.34. The number of anilines is 1. The third-order valence-corrected chi connectivity index (χ3v) is 4.43. The average Bonchev–Trinajstić information content (AvgIpc) is 3.40. The molecule has 130 valence electrons. The van der Waals surface area contributed by atoms with Gasteiger partial charge in [-0.3, -0.25) is 9.48 Å². The van der Waals surface area contributed by atoms with E-state index in [-0.39, 0.29) is 23.7 Å². The maximum atomic E-state index is 14.1. The van der Waals surface area contributed by atoms with Crippen LogP contribution in [0.25, 0.3) is 10.9 Å². The summed E-state index contributed by atoms with van der Waals surface area (Å²) in [5.41, 5.74) is 1.90. The fraction of sp³-hybridized carbons (Fsp3) is 0.200. The van der Waals surface area contributed by atoms with E-state index in [1.165, 1.54) is 36.4 Å². The summed E-state index contributed by atoms with van der Waals surface area (Å²) in [5.74, 6) is 1.81. The number of nitrogens with zero attached hydrogens (tertiary/aromatic N) is 2. The zero-order valence-electron chi connectivity index (χ0n) is 13.8. The van der Waals surface area contributed by atoms with Crippen LogP contribution in [0.15, 0.2) is 36.4 Å². The van der Waals surface area contributed by atoms with Crippen molar-refractivity contribution in [2.24, 2.45) is 0 Å². The van der Waals surface area contributed by atoms with Crippen LogP contribution in [-0.2, 0) is 6.54 Å². The van der Waals surface area contributed by atoms with Crippen LogP contribution in [0.3, 0.4) is 0 Å². The number of amides is 1. The summed E-state index contributed by atoms with van der Waals surface area (Å²) in [6.45, 7) is 0.217. The zero-order chi connectivity index (χ0) is 18.3. The molecule has 0 aliphatic heterocycles. The molecule has 1 aliphatic carbocycles. The van der Waals surface area contributed by atoms with E-state index >= 15 is 0 Å². The lowest BCUT2D eigenvalue weighted by atomic mass is 10.1. The summed E-state index contributed by atoms with van der Waals surface area (Å²) in [6, 6.07) is 8.02. The van der Waals surface area contributed by atoms with Crippen LogP contribution >= 0.6 is 0 Å². The highest BCUT2D eigenvalue weighted by molar-refractivity contribution is 6.08. The molecule has 0 radical (unpaired) electrons. The SMILES string of the molecule is C#CCn1nc(NC(=O)c2ccc(F)cc2)c2cc(F)cc(C3CC3)c21. The number of terminal acetylenes is 1. The molecule has 0 saturated heterocycles. The summed E-state index contributed by atoms with van der Waals surface area (Å²) < 4.78 is 28.8. The monoisotopic (exact) mass is 351 g/mol. The number of carbonyl (C=O) groups is 1. The molecule has 0 spiro atoms. The Morgan fingerprint density at radius 1 is 1.23 bits per heavy atom. The van der Waals surface area contributed by atoms with Crippen LogP contribution < -0.4 is 5.32 Å². The van der Waals surface area contributed by atoms with E-state index in [1.807, 2.05) is 0 Å². The Bertz CT molecular complexity index is 1040. The van der Waals surface area contributed by atoms with Crippen molar-refractivity contribution in [1.29, 1.82) is 0 Å². The number of aromatic nitrogens is 2. The number of hydrogen-bond donors (Lipinski definition) is 1. The van der Waals surface area contributed by atoms with E-state index in [4.69, 9.17) is 6.42 Å². The van der Waals surface area contributed by atoms with Gasteiger partial charge in [-0.2, -0.15) is 5.10 Å². The molecular weight excluding hydrogens is 336 g/mol. The maximum Gasteiger partial charge on any atom is 0.256 e. The van der Waals surface area contributed by atoms with E-state index in [2.05, 4.69) is 16.3 Å². The smallest absolute Gasteiger partial charge is 0.256 e. The predicted octanol–water partition coefficient (Wildman–Crippen LogP) is 4.08. The summed E-state index contributed by atoms with van der Waals surface area (Å²) in [6.07, 6.45) is 7.43. The van der Waals surface area contributed by atoms with Crippen molar-refractivity contribution in [2.75, 3.05) is 5.32 Å². The molecular formula is C20H15F2N3O. The molecule has 0 unspecified atom stereocenters. The molecule has 4 nitrogen and oxygen atoms in total. The minimum absolute atomic E-state index is 0.217. The Kier molecular flexibility index (Phi) is 3.92. The first kappa shape index (κ1) is 16.3. The minimum atomic E-state index is -0.450. The summed E-state index contributed by atoms with van der Waals surface area (Å²) in [5, 5.41) is 7.57. The van der Waals surface area contributed by atoms with Gasteiger partial charge in [0.15, 0.2) is 5.82 Å². The molecule has 6 heteroatoms. The highest BCUT2D eigenvalue weighted by atomic mass is 19.1. The van der Waals surface area contributed by atoms with Crippen molar-refractivity contribution in [3.05, 3.63) is 59.2 Å². The lowest BCUT2D eigenvalue weighted by Gasteiger charge is -2.05. The van der Waals surface area contributed by atoms with Crippen molar-refractivity contribution in [3.63, 3.8) is 0 Å². The van der Waals surface area contributed by atoms with Gasteiger partial charge in [0.2, 0.25) is 0 Å². The van der Waals surface area contributed by atoms with Crippen molar-refractivity contribution in [1.82, 2.24) is 9.78 Å². The van der Waals surface area contributed by atoms with Crippen LogP contribution in [0.4, 0.5) is 14.6 Å². The van der Waals surface area contributed by atoms with Gasteiger partial charge >= 0.3 is 0 Å². The number of halogens is 2. The highest BCUT2D eigenvalue weighted by Crippen LogP contribution is 2.44. The van der Waals surface area contributed by atoms with Gasteiger partial charge in [-0.05, 0) is 60.7 Å². The third-order valence-electron chi connectivity index (χ3n) is 4.43. The number of benzene rings is 2. The van der Waals surface area contributed by atoms with Crippen LogP contribution in [0.5, 0.6) is 0 Å². The van der Waals surface area contributed by atoms with Gasteiger partial charge in [-0.1, -0.05) is 5.92 Å². The van der Waals surface area contributed by atoms with E-state index in [9.17, 15) is 13.6 Å². The minimum Gasteiger partial charge on any atom is -0.305 e. The van der Waals surface area contributed by atoms with E-state index in [0.717, 1.165) is 23.9 Å². The summed E-state index contributed by atoms with van der Waals surface area (Å²) in [7, 11) is 0. The van der Waals surface area contributed by atoms with Gasteiger partial charge in [0, 0.05) is 10.9 Å². The Morgan fingerprint density at radius 3 is 2.62 bits per heavy atom. The van der Waals surface area contributed by atoms with Gasteiger partial charge in [0.25, 0.3) is 5.91 Å². The molecule has 1 aromatic heterocycles. The topological polar surface area (TPSA) is 46.9 Å². The molecule has 1 amide bonds. The molecule has 0 atom stereocenters. The Labute approximate surface area is 148 Å². The molecule has 1 aliphatic rings. The molecule has 26 heavy (non-hydrogen) atoms. The molecule has 0 bridgehead atoms. The molecule has 4 rings (SSSR count). The molecule has 3 aromatic rings. The maximum absolute atomic E-state index is 14.1. The molecule has 1 N–H and O–H groups in total. The van der Waals surface area contributed by atoms with E-state index in [1.54, 1.807) is 4.68 Å². The standard InChI is InChI=1S/C20H15F2N3O/c1-2-9-25-18-16(12-3-4-12)10-15(22)11-17(18)19(24-25)23-20(26)13-5-7-14(21)8-6-13/h1,5-8,10-12H,3-4,9H2,(H,23,24,26). The highest BCUT2D eigenvalue weighted by Gasteiger charge is 2.29. The number of fused-ring (bicyclic) bond motifs is 1. The number of carbonyl (C=O) groups excluding carboxylic acids is 1. The molecule has 1 fully saturated rings. The summed E-state index contributed by atoms with van der Waals surface area (Å²) in [4.78, 5) is 12.4. The van der Waals surface area contributed by atoms with Gasteiger partial charge in [0.1, 0.15) is 18.2 Å². The first-order valence-electron chi connectivity index (χ1n) is 8.27. The van der Waals surface area contributed by atoms with Gasteiger partial charge in [-0.15, -0.1) is 6.42 Å². The lowest BCUT2D eigenvalue weighted by molar-refractivity contribution is 0.102. The third kappa shape index (κ3) is 2.92. The van der Waals surface area contributed by atoms with Crippen molar-refractivity contribution in [2.45, 2.75) is 25.3 Å². The van der Waals surface area contributed by atoms with Gasteiger partial charge in [0.05, 0.1) is 5.52 Å². The predicted molar refractivity (Wildman–Crippen MR) is 94.9 cm³/mol. The van der Waals surface area contributed by atoms with Crippen molar-refractivity contribution >= 4 is 22.6 Å². The Morgan fingerprint density at radius 2 is 1.96 bits per heavy atom. The van der Waals surface area contributed by atoms with Crippen LogP contribution in [-0.4, -0.2) is 15.7 Å². The van der Waals surface area contributed by atoms with Crippen molar-refractivity contribution in [3.8, 4) is 12.3 Å².